The molecular weight excluding hydrogens is 265 g/mol. The van der Waals surface area contributed by atoms with E-state index < -0.39 is 5.82 Å². The molecule has 0 spiro atoms. The third kappa shape index (κ3) is 3.69. The molecule has 0 heterocycles. The first-order chi connectivity index (χ1) is 9.20. The number of halogens is 2. The highest BCUT2D eigenvalue weighted by Gasteiger charge is 2.05. The van der Waals surface area contributed by atoms with Gasteiger partial charge in [-0.3, -0.25) is 0 Å². The number of benzene rings is 2. The number of nitrogens with one attached hydrogen (secondary N) is 1. The second-order valence-electron chi connectivity index (χ2n) is 4.20. The molecule has 100 valence electrons. The Morgan fingerprint density at radius 3 is 2.47 bits per heavy atom. The van der Waals surface area contributed by atoms with E-state index in [1.807, 2.05) is 24.3 Å². The van der Waals surface area contributed by atoms with Gasteiger partial charge in [0.15, 0.2) is 5.82 Å². The summed E-state index contributed by atoms with van der Waals surface area (Å²) in [7, 11) is 1.66. The zero-order valence-electron chi connectivity index (χ0n) is 10.6. The average Bonchev–Trinajstić information content (AvgIpc) is 2.42. The normalized spacial score (nSPS) is 10.5. The summed E-state index contributed by atoms with van der Waals surface area (Å²) in [6.07, 6.45) is 0. The molecule has 0 atom stereocenters. The molecule has 0 aliphatic rings. The Labute approximate surface area is 117 Å². The van der Waals surface area contributed by atoms with Gasteiger partial charge in [-0.1, -0.05) is 41.9 Å². The van der Waals surface area contributed by atoms with E-state index in [0.717, 1.165) is 11.1 Å². The number of hydrogen-bond acceptors (Lipinski definition) is 2. The van der Waals surface area contributed by atoms with Crippen molar-refractivity contribution in [3.05, 3.63) is 64.4 Å². The van der Waals surface area contributed by atoms with Crippen LogP contribution in [0.1, 0.15) is 11.1 Å². The minimum atomic E-state index is -0.417. The number of ether oxygens (including phenoxy) is 1. The van der Waals surface area contributed by atoms with Crippen molar-refractivity contribution in [1.82, 2.24) is 0 Å². The lowest BCUT2D eigenvalue weighted by Crippen LogP contribution is -2.01. The number of methoxy groups -OCH3 is 1. The van der Waals surface area contributed by atoms with Gasteiger partial charge in [0.2, 0.25) is 0 Å². The van der Waals surface area contributed by atoms with E-state index in [1.165, 1.54) is 6.07 Å². The average molecular weight is 280 g/mol. The maximum absolute atomic E-state index is 13.7. The third-order valence-corrected chi connectivity index (χ3v) is 3.06. The molecular formula is C15H15ClFNO. The van der Waals surface area contributed by atoms with Crippen molar-refractivity contribution in [2.75, 3.05) is 12.4 Å². The molecule has 1 N–H and O–H groups in total. The Kier molecular flexibility index (Phi) is 4.77. The van der Waals surface area contributed by atoms with E-state index in [-0.39, 0.29) is 5.02 Å². The van der Waals surface area contributed by atoms with Gasteiger partial charge in [0.05, 0.1) is 17.3 Å². The third-order valence-electron chi connectivity index (χ3n) is 2.77. The number of hydrogen-bond donors (Lipinski definition) is 1. The van der Waals surface area contributed by atoms with Crippen LogP contribution in [0.4, 0.5) is 10.1 Å². The van der Waals surface area contributed by atoms with Crippen LogP contribution in [0.3, 0.4) is 0 Å². The summed E-state index contributed by atoms with van der Waals surface area (Å²) in [5.74, 6) is -0.417. The first-order valence-electron chi connectivity index (χ1n) is 5.95. The fourth-order valence-electron chi connectivity index (χ4n) is 1.76. The largest absolute Gasteiger partial charge is 0.380 e. The van der Waals surface area contributed by atoms with Gasteiger partial charge >= 0.3 is 0 Å². The summed E-state index contributed by atoms with van der Waals surface area (Å²) >= 11 is 5.72. The zero-order chi connectivity index (χ0) is 13.7. The van der Waals surface area contributed by atoms with Gasteiger partial charge in [-0.15, -0.1) is 0 Å². The van der Waals surface area contributed by atoms with E-state index >= 15 is 0 Å². The molecule has 2 aromatic carbocycles. The molecule has 0 radical (unpaired) electrons. The highest BCUT2D eigenvalue weighted by atomic mass is 35.5. The summed E-state index contributed by atoms with van der Waals surface area (Å²) in [6, 6.07) is 12.9. The maximum atomic E-state index is 13.7. The summed E-state index contributed by atoms with van der Waals surface area (Å²) in [5.41, 5.74) is 2.59. The molecule has 0 aromatic heterocycles. The lowest BCUT2D eigenvalue weighted by molar-refractivity contribution is 0.185. The van der Waals surface area contributed by atoms with Crippen LogP contribution in [0.5, 0.6) is 0 Å². The van der Waals surface area contributed by atoms with Gasteiger partial charge in [-0.05, 0) is 23.3 Å². The molecule has 0 bridgehead atoms. The van der Waals surface area contributed by atoms with E-state index in [4.69, 9.17) is 16.3 Å². The van der Waals surface area contributed by atoms with Crippen molar-refractivity contribution in [3.8, 4) is 0 Å². The predicted molar refractivity (Wildman–Crippen MR) is 75.9 cm³/mol. The molecule has 2 aromatic rings. The summed E-state index contributed by atoms with van der Waals surface area (Å²) in [4.78, 5) is 0. The summed E-state index contributed by atoms with van der Waals surface area (Å²) in [5, 5.41) is 3.16. The lowest BCUT2D eigenvalue weighted by atomic mass is 10.1. The maximum Gasteiger partial charge on any atom is 0.164 e. The second-order valence-corrected chi connectivity index (χ2v) is 4.61. The predicted octanol–water partition coefficient (Wildman–Crippen LogP) is 4.24. The molecule has 0 unspecified atom stereocenters. The van der Waals surface area contributed by atoms with Gasteiger partial charge < -0.3 is 10.1 Å². The molecule has 0 saturated heterocycles. The standard InChI is InChI=1S/C15H15ClFNO/c1-19-10-12-7-5-11(6-8-12)9-18-14-4-2-3-13(16)15(14)17/h2-8,18H,9-10H2,1H3. The summed E-state index contributed by atoms with van der Waals surface area (Å²) in [6.45, 7) is 1.14. The molecule has 19 heavy (non-hydrogen) atoms. The first-order valence-corrected chi connectivity index (χ1v) is 6.33. The van der Waals surface area contributed by atoms with Crippen LogP contribution in [-0.4, -0.2) is 7.11 Å². The Hall–Kier alpha value is -1.58. The SMILES string of the molecule is COCc1ccc(CNc2cccc(Cl)c2F)cc1. The van der Waals surface area contributed by atoms with Crippen LogP contribution in [0.15, 0.2) is 42.5 Å². The van der Waals surface area contributed by atoms with Gasteiger partial charge in [-0.2, -0.15) is 0 Å². The Morgan fingerprint density at radius 2 is 1.79 bits per heavy atom. The van der Waals surface area contributed by atoms with Gasteiger partial charge in [0, 0.05) is 13.7 Å². The molecule has 4 heteroatoms. The van der Waals surface area contributed by atoms with Gasteiger partial charge in [0.1, 0.15) is 0 Å². The monoisotopic (exact) mass is 279 g/mol. The highest BCUT2D eigenvalue weighted by Crippen LogP contribution is 2.22. The smallest absolute Gasteiger partial charge is 0.164 e. The fraction of sp³-hybridized carbons (Fsp3) is 0.200. The molecule has 0 aliphatic carbocycles. The van der Waals surface area contributed by atoms with Gasteiger partial charge in [-0.25, -0.2) is 4.39 Å². The minimum Gasteiger partial charge on any atom is -0.380 e. The summed E-state index contributed by atoms with van der Waals surface area (Å²) < 4.78 is 18.7. The van der Waals surface area contributed by atoms with Crippen molar-refractivity contribution >= 4 is 17.3 Å². The topological polar surface area (TPSA) is 21.3 Å². The van der Waals surface area contributed by atoms with Crippen LogP contribution in [-0.2, 0) is 17.9 Å². The van der Waals surface area contributed by atoms with Crippen LogP contribution in [0.2, 0.25) is 5.02 Å². The van der Waals surface area contributed by atoms with Crippen LogP contribution >= 0.6 is 11.6 Å². The van der Waals surface area contributed by atoms with E-state index in [9.17, 15) is 4.39 Å². The van der Waals surface area contributed by atoms with Crippen LogP contribution in [0.25, 0.3) is 0 Å². The Morgan fingerprint density at radius 1 is 1.11 bits per heavy atom. The molecule has 2 rings (SSSR count). The van der Waals surface area contributed by atoms with Crippen LogP contribution in [0, 0.1) is 5.82 Å². The second kappa shape index (κ2) is 6.55. The van der Waals surface area contributed by atoms with Crippen molar-refractivity contribution in [1.29, 1.82) is 0 Å². The van der Waals surface area contributed by atoms with Crippen molar-refractivity contribution in [3.63, 3.8) is 0 Å². The van der Waals surface area contributed by atoms with Crippen molar-refractivity contribution < 1.29 is 9.13 Å². The van der Waals surface area contributed by atoms with E-state index in [1.54, 1.807) is 19.2 Å². The quantitative estimate of drug-likeness (QED) is 0.884. The van der Waals surface area contributed by atoms with Crippen LogP contribution < -0.4 is 5.32 Å². The molecule has 0 fully saturated rings. The fourth-order valence-corrected chi connectivity index (χ4v) is 1.93. The van der Waals surface area contributed by atoms with Crippen molar-refractivity contribution in [2.45, 2.75) is 13.2 Å². The zero-order valence-corrected chi connectivity index (χ0v) is 11.4. The minimum absolute atomic E-state index is 0.125. The number of rotatable bonds is 5. The lowest BCUT2D eigenvalue weighted by Gasteiger charge is -2.09. The molecule has 0 saturated carbocycles. The van der Waals surface area contributed by atoms with E-state index in [0.29, 0.717) is 18.8 Å². The molecule has 0 amide bonds. The van der Waals surface area contributed by atoms with Crippen molar-refractivity contribution in [2.24, 2.45) is 0 Å². The molecule has 2 nitrogen and oxygen atoms in total. The Balaban J connectivity index is 2.00. The Bertz CT molecular complexity index is 542. The van der Waals surface area contributed by atoms with E-state index in [2.05, 4.69) is 5.32 Å². The number of anilines is 1. The first kappa shape index (κ1) is 13.8. The van der Waals surface area contributed by atoms with Gasteiger partial charge in [0.25, 0.3) is 0 Å². The molecule has 0 aliphatic heterocycles. The highest BCUT2D eigenvalue weighted by molar-refractivity contribution is 6.31.